The van der Waals surface area contributed by atoms with Gasteiger partial charge in [0.25, 0.3) is 5.91 Å². The molecule has 0 unspecified atom stereocenters. The van der Waals surface area contributed by atoms with Gasteiger partial charge in [0.15, 0.2) is 5.71 Å². The van der Waals surface area contributed by atoms with Crippen molar-refractivity contribution in [2.24, 2.45) is 11.0 Å². The summed E-state index contributed by atoms with van der Waals surface area (Å²) in [5.74, 6) is -2.94. The second kappa shape index (κ2) is 10.1. The molecule has 1 rings (SSSR count). The van der Waals surface area contributed by atoms with Gasteiger partial charge in [-0.25, -0.2) is 10.2 Å². The van der Waals surface area contributed by atoms with Crippen LogP contribution in [0.25, 0.3) is 0 Å². The van der Waals surface area contributed by atoms with Crippen LogP contribution in [0.1, 0.15) is 37.6 Å². The Kier molecular flexibility index (Phi) is 8.11. The number of nitrogens with zero attached hydrogens (tertiary/aromatic N) is 1. The van der Waals surface area contributed by atoms with Crippen molar-refractivity contribution in [3.05, 3.63) is 29.8 Å². The van der Waals surface area contributed by atoms with Gasteiger partial charge < -0.3 is 14.6 Å². The van der Waals surface area contributed by atoms with E-state index in [0.717, 1.165) is 0 Å². The van der Waals surface area contributed by atoms with Crippen LogP contribution in [-0.4, -0.2) is 41.9 Å². The molecule has 0 saturated carbocycles. The molecule has 0 aliphatic rings. The lowest BCUT2D eigenvalue weighted by Crippen LogP contribution is -2.35. The summed E-state index contributed by atoms with van der Waals surface area (Å²) in [4.78, 5) is 36.2. The van der Waals surface area contributed by atoms with Gasteiger partial charge in [-0.2, -0.15) is 5.10 Å². The Morgan fingerprint density at radius 1 is 1.08 bits per heavy atom. The van der Waals surface area contributed by atoms with E-state index in [1.807, 2.05) is 0 Å². The number of aromatic hydroxyl groups is 1. The van der Waals surface area contributed by atoms with E-state index in [1.54, 1.807) is 20.8 Å². The SMILES string of the molecule is CCOC(=O)/C(=N\NC(=O)c1ccc(O)cc1)[C@@H](CC)C(=O)OCC. The van der Waals surface area contributed by atoms with Crippen LogP contribution < -0.4 is 5.43 Å². The third-order valence-corrected chi connectivity index (χ3v) is 3.20. The number of hydrogen-bond donors (Lipinski definition) is 2. The highest BCUT2D eigenvalue weighted by Gasteiger charge is 2.31. The molecule has 0 saturated heterocycles. The second-order valence-corrected chi connectivity index (χ2v) is 4.92. The van der Waals surface area contributed by atoms with Crippen molar-refractivity contribution < 1.29 is 29.0 Å². The molecule has 25 heavy (non-hydrogen) atoms. The minimum Gasteiger partial charge on any atom is -0.508 e. The number of hydrazone groups is 1. The number of benzene rings is 1. The summed E-state index contributed by atoms with van der Waals surface area (Å²) < 4.78 is 9.85. The normalized spacial score (nSPS) is 12.2. The molecule has 1 aromatic carbocycles. The smallest absolute Gasteiger partial charge is 0.355 e. The summed E-state index contributed by atoms with van der Waals surface area (Å²) in [5, 5.41) is 13.0. The zero-order valence-electron chi connectivity index (χ0n) is 14.4. The largest absolute Gasteiger partial charge is 0.508 e. The maximum atomic E-state index is 12.1. The van der Waals surface area contributed by atoms with Crippen molar-refractivity contribution >= 4 is 23.6 Å². The van der Waals surface area contributed by atoms with Crippen molar-refractivity contribution in [2.45, 2.75) is 27.2 Å². The molecule has 136 valence electrons. The predicted molar refractivity (Wildman–Crippen MR) is 90.1 cm³/mol. The second-order valence-electron chi connectivity index (χ2n) is 4.92. The van der Waals surface area contributed by atoms with E-state index in [2.05, 4.69) is 10.5 Å². The summed E-state index contributed by atoms with van der Waals surface area (Å²) in [5.41, 5.74) is 2.23. The molecule has 0 aliphatic carbocycles. The predicted octanol–water partition coefficient (Wildman–Crippen LogP) is 1.63. The Balaban J connectivity index is 3.03. The van der Waals surface area contributed by atoms with Gasteiger partial charge in [0.2, 0.25) is 0 Å². The first-order valence-corrected chi connectivity index (χ1v) is 7.95. The molecule has 0 aliphatic heterocycles. The number of hydrogen-bond acceptors (Lipinski definition) is 7. The van der Waals surface area contributed by atoms with E-state index in [9.17, 15) is 19.5 Å². The summed E-state index contributed by atoms with van der Waals surface area (Å²) in [6, 6.07) is 5.48. The first kappa shape index (κ1) is 20.1. The zero-order chi connectivity index (χ0) is 18.8. The number of carbonyl (C=O) groups excluding carboxylic acids is 3. The maximum absolute atomic E-state index is 12.1. The zero-order valence-corrected chi connectivity index (χ0v) is 14.4. The third-order valence-electron chi connectivity index (χ3n) is 3.20. The average Bonchev–Trinajstić information content (AvgIpc) is 2.59. The minimum absolute atomic E-state index is 0.0145. The van der Waals surface area contributed by atoms with E-state index in [-0.39, 0.29) is 36.7 Å². The van der Waals surface area contributed by atoms with E-state index in [4.69, 9.17) is 9.47 Å². The molecule has 8 heteroatoms. The monoisotopic (exact) mass is 350 g/mol. The lowest BCUT2D eigenvalue weighted by atomic mass is 10.0. The van der Waals surface area contributed by atoms with Crippen LogP contribution in [0, 0.1) is 5.92 Å². The summed E-state index contributed by atoms with van der Waals surface area (Å²) in [7, 11) is 0. The first-order chi connectivity index (χ1) is 11.9. The van der Waals surface area contributed by atoms with E-state index < -0.39 is 23.8 Å². The highest BCUT2D eigenvalue weighted by atomic mass is 16.5. The standard InChI is InChI=1S/C17H22N2O6/c1-4-13(16(22)24-5-2)14(17(23)25-6-3)18-19-15(21)11-7-9-12(20)10-8-11/h7-10,13,20H,4-6H2,1-3H3,(H,19,21)/b18-14-/t13-/m1/s1. The van der Waals surface area contributed by atoms with Gasteiger partial charge >= 0.3 is 11.9 Å². The van der Waals surface area contributed by atoms with Crippen LogP contribution in [0.4, 0.5) is 0 Å². The number of phenolic OH excluding ortho intramolecular Hbond substituents is 1. The fraction of sp³-hybridized carbons (Fsp3) is 0.412. The average molecular weight is 350 g/mol. The van der Waals surface area contributed by atoms with Crippen molar-refractivity contribution in [1.29, 1.82) is 0 Å². The van der Waals surface area contributed by atoms with Crippen LogP contribution in [0.3, 0.4) is 0 Å². The number of carbonyl (C=O) groups is 3. The fourth-order valence-corrected chi connectivity index (χ4v) is 1.97. The third kappa shape index (κ3) is 5.91. The molecular weight excluding hydrogens is 328 g/mol. The van der Waals surface area contributed by atoms with Crippen LogP contribution in [-0.2, 0) is 19.1 Å². The Hall–Kier alpha value is -2.90. The van der Waals surface area contributed by atoms with E-state index in [1.165, 1.54) is 24.3 Å². The van der Waals surface area contributed by atoms with Gasteiger partial charge in [-0.3, -0.25) is 9.59 Å². The topological polar surface area (TPSA) is 114 Å². The Bertz CT molecular complexity index is 639. The Labute approximate surface area is 145 Å². The highest BCUT2D eigenvalue weighted by Crippen LogP contribution is 2.12. The molecule has 1 aromatic rings. The van der Waals surface area contributed by atoms with Gasteiger partial charge in [0.1, 0.15) is 11.7 Å². The molecule has 1 amide bonds. The molecule has 0 bridgehead atoms. The lowest BCUT2D eigenvalue weighted by Gasteiger charge is -2.15. The summed E-state index contributed by atoms with van der Waals surface area (Å²) in [6.45, 7) is 5.22. The Morgan fingerprint density at radius 2 is 1.68 bits per heavy atom. The van der Waals surface area contributed by atoms with Gasteiger partial charge in [0.05, 0.1) is 13.2 Å². The van der Waals surface area contributed by atoms with Gasteiger partial charge in [-0.05, 0) is 44.5 Å². The molecule has 0 radical (unpaired) electrons. The minimum atomic E-state index is -0.945. The molecule has 0 heterocycles. The maximum Gasteiger partial charge on any atom is 0.355 e. The van der Waals surface area contributed by atoms with Crippen molar-refractivity contribution in [1.82, 2.24) is 5.43 Å². The quantitative estimate of drug-likeness (QED) is 0.418. The molecular formula is C17H22N2O6. The van der Waals surface area contributed by atoms with Crippen molar-refractivity contribution in [3.8, 4) is 5.75 Å². The van der Waals surface area contributed by atoms with E-state index in [0.29, 0.717) is 0 Å². The highest BCUT2D eigenvalue weighted by molar-refractivity contribution is 6.40. The van der Waals surface area contributed by atoms with Crippen LogP contribution in [0.5, 0.6) is 5.75 Å². The van der Waals surface area contributed by atoms with Crippen LogP contribution in [0.2, 0.25) is 0 Å². The number of phenols is 1. The number of nitrogens with one attached hydrogen (secondary N) is 1. The molecule has 0 aromatic heterocycles. The lowest BCUT2D eigenvalue weighted by molar-refractivity contribution is -0.147. The van der Waals surface area contributed by atoms with Gasteiger partial charge in [0, 0.05) is 5.56 Å². The molecule has 0 spiro atoms. The number of amides is 1. The summed E-state index contributed by atoms with van der Waals surface area (Å²) in [6.07, 6.45) is 0.256. The van der Waals surface area contributed by atoms with Crippen LogP contribution >= 0.6 is 0 Å². The molecule has 0 fully saturated rings. The first-order valence-electron chi connectivity index (χ1n) is 7.95. The molecule has 2 N–H and O–H groups in total. The van der Waals surface area contributed by atoms with E-state index >= 15 is 0 Å². The van der Waals surface area contributed by atoms with Crippen molar-refractivity contribution in [3.63, 3.8) is 0 Å². The molecule has 1 atom stereocenters. The molecule has 8 nitrogen and oxygen atoms in total. The van der Waals surface area contributed by atoms with Crippen LogP contribution in [0.15, 0.2) is 29.4 Å². The van der Waals surface area contributed by atoms with Gasteiger partial charge in [-0.15, -0.1) is 0 Å². The number of ether oxygens (including phenoxy) is 2. The van der Waals surface area contributed by atoms with Crippen molar-refractivity contribution in [2.75, 3.05) is 13.2 Å². The number of rotatable bonds is 8. The van der Waals surface area contributed by atoms with Gasteiger partial charge in [-0.1, -0.05) is 6.92 Å². The Morgan fingerprint density at radius 3 is 2.20 bits per heavy atom. The summed E-state index contributed by atoms with van der Waals surface area (Å²) >= 11 is 0. The number of esters is 2. The fourth-order valence-electron chi connectivity index (χ4n) is 1.97.